The highest BCUT2D eigenvalue weighted by atomic mass is 32.2. The molecular formula is C27H33N3O5S. The van der Waals surface area contributed by atoms with E-state index in [-0.39, 0.29) is 11.4 Å². The van der Waals surface area contributed by atoms with Gasteiger partial charge in [-0.15, -0.1) is 0 Å². The molecular weight excluding hydrogens is 478 g/mol. The first kappa shape index (κ1) is 25.9. The summed E-state index contributed by atoms with van der Waals surface area (Å²) in [5, 5.41) is 1.15. The SMILES string of the molecule is Cc1ccc(Oc2cncc3cccc(S(=O)(=O)N4CCCN(C(=O)OC(C)(C)C)C[C@H]4C)c23)cc1. The summed E-state index contributed by atoms with van der Waals surface area (Å²) in [5.74, 6) is 0.964. The van der Waals surface area contributed by atoms with Crippen LogP contribution in [-0.2, 0) is 14.8 Å². The zero-order chi connectivity index (χ0) is 26.1. The third-order valence-electron chi connectivity index (χ3n) is 5.98. The predicted molar refractivity (Wildman–Crippen MR) is 139 cm³/mol. The molecule has 0 aliphatic carbocycles. The van der Waals surface area contributed by atoms with Gasteiger partial charge < -0.3 is 14.4 Å². The molecule has 2 aromatic carbocycles. The van der Waals surface area contributed by atoms with E-state index in [2.05, 4.69) is 4.98 Å². The summed E-state index contributed by atoms with van der Waals surface area (Å²) in [5.41, 5.74) is 0.473. The first-order valence-electron chi connectivity index (χ1n) is 12.1. The standard InChI is InChI=1S/C27H33N3O5S/c1-19-10-12-22(13-11-19)34-23-17-28-16-21-8-6-9-24(25(21)23)36(32,33)30-15-7-14-29(18-20(30)2)26(31)35-27(3,4)5/h6,8-13,16-17,20H,7,14-15,18H2,1-5H3/t20-/m1/s1. The number of nitrogens with zero attached hydrogens (tertiary/aromatic N) is 3. The van der Waals surface area contributed by atoms with Gasteiger partial charge in [-0.2, -0.15) is 4.31 Å². The first-order chi connectivity index (χ1) is 17.0. The molecule has 1 atom stereocenters. The van der Waals surface area contributed by atoms with E-state index < -0.39 is 27.8 Å². The molecule has 36 heavy (non-hydrogen) atoms. The lowest BCUT2D eigenvalue weighted by Gasteiger charge is -2.30. The van der Waals surface area contributed by atoms with E-state index in [1.165, 1.54) is 10.5 Å². The van der Waals surface area contributed by atoms with Gasteiger partial charge in [-0.1, -0.05) is 29.8 Å². The monoisotopic (exact) mass is 511 g/mol. The summed E-state index contributed by atoms with van der Waals surface area (Å²) in [7, 11) is -3.92. The zero-order valence-electron chi connectivity index (χ0n) is 21.4. The number of carbonyl (C=O) groups is 1. The topological polar surface area (TPSA) is 89.0 Å². The minimum Gasteiger partial charge on any atom is -0.455 e. The Kier molecular flexibility index (Phi) is 7.24. The van der Waals surface area contributed by atoms with Gasteiger partial charge in [0.25, 0.3) is 0 Å². The molecule has 1 aliphatic heterocycles. The van der Waals surface area contributed by atoms with Crippen LogP contribution in [-0.4, -0.2) is 60.0 Å². The number of amides is 1. The lowest BCUT2D eigenvalue weighted by atomic mass is 10.1. The molecule has 2 heterocycles. The molecule has 0 bridgehead atoms. The van der Waals surface area contributed by atoms with Gasteiger partial charge >= 0.3 is 6.09 Å². The maximum atomic E-state index is 14.0. The molecule has 1 amide bonds. The Labute approximate surface area is 212 Å². The van der Waals surface area contributed by atoms with E-state index in [1.807, 2.05) is 65.0 Å². The van der Waals surface area contributed by atoms with E-state index >= 15 is 0 Å². The fourth-order valence-corrected chi connectivity index (χ4v) is 6.20. The molecule has 1 saturated heterocycles. The number of carbonyl (C=O) groups excluding carboxylic acids is 1. The Balaban J connectivity index is 1.68. The summed E-state index contributed by atoms with van der Waals surface area (Å²) >= 11 is 0. The van der Waals surface area contributed by atoms with Crippen LogP contribution in [0, 0.1) is 6.92 Å². The van der Waals surface area contributed by atoms with Crippen molar-refractivity contribution in [3.8, 4) is 11.5 Å². The second-order valence-corrected chi connectivity index (χ2v) is 12.0. The highest BCUT2D eigenvalue weighted by Crippen LogP contribution is 2.36. The normalized spacial score (nSPS) is 17.6. The molecule has 1 aromatic heterocycles. The fraction of sp³-hybridized carbons (Fsp3) is 0.407. The average molecular weight is 512 g/mol. The third-order valence-corrected chi connectivity index (χ3v) is 8.04. The van der Waals surface area contributed by atoms with Crippen LogP contribution in [0.15, 0.2) is 59.8 Å². The number of aryl methyl sites for hydroxylation is 1. The van der Waals surface area contributed by atoms with E-state index in [9.17, 15) is 13.2 Å². The van der Waals surface area contributed by atoms with Crippen molar-refractivity contribution in [2.45, 2.75) is 57.6 Å². The van der Waals surface area contributed by atoms with Gasteiger partial charge in [-0.3, -0.25) is 4.98 Å². The number of aromatic nitrogens is 1. The molecule has 0 N–H and O–H groups in total. The highest BCUT2D eigenvalue weighted by Gasteiger charge is 2.35. The molecule has 4 rings (SSSR count). The third kappa shape index (κ3) is 5.63. The van der Waals surface area contributed by atoms with Crippen molar-refractivity contribution in [3.05, 3.63) is 60.4 Å². The van der Waals surface area contributed by atoms with Crippen LogP contribution in [0.1, 0.15) is 39.7 Å². The number of fused-ring (bicyclic) bond motifs is 1. The second kappa shape index (κ2) is 10.1. The van der Waals surface area contributed by atoms with Crippen LogP contribution in [0.4, 0.5) is 4.79 Å². The smallest absolute Gasteiger partial charge is 0.410 e. The number of sulfonamides is 1. The van der Waals surface area contributed by atoms with Crippen molar-refractivity contribution < 1.29 is 22.7 Å². The summed E-state index contributed by atoms with van der Waals surface area (Å²) in [6.45, 7) is 10.2. The van der Waals surface area contributed by atoms with Crippen molar-refractivity contribution in [1.29, 1.82) is 0 Å². The first-order valence-corrected chi connectivity index (χ1v) is 13.5. The average Bonchev–Trinajstić information content (AvgIpc) is 3.01. The number of hydrogen-bond donors (Lipinski definition) is 0. The fourth-order valence-electron chi connectivity index (χ4n) is 4.31. The van der Waals surface area contributed by atoms with Gasteiger partial charge in [0.1, 0.15) is 11.4 Å². The molecule has 192 valence electrons. The summed E-state index contributed by atoms with van der Waals surface area (Å²) in [6.07, 6.45) is 3.24. The summed E-state index contributed by atoms with van der Waals surface area (Å²) < 4.78 is 41.2. The summed E-state index contributed by atoms with van der Waals surface area (Å²) in [6, 6.07) is 12.2. The van der Waals surface area contributed by atoms with Gasteiger partial charge in [-0.25, -0.2) is 13.2 Å². The van der Waals surface area contributed by atoms with Crippen LogP contribution < -0.4 is 4.74 Å². The van der Waals surface area contributed by atoms with Crippen LogP contribution in [0.3, 0.4) is 0 Å². The molecule has 1 aliphatic rings. The molecule has 1 fully saturated rings. The van der Waals surface area contributed by atoms with E-state index in [1.54, 1.807) is 23.2 Å². The molecule has 0 saturated carbocycles. The number of pyridine rings is 1. The molecule has 8 nitrogen and oxygen atoms in total. The van der Waals surface area contributed by atoms with E-state index in [0.29, 0.717) is 41.8 Å². The molecule has 3 aromatic rings. The minimum atomic E-state index is -3.92. The minimum absolute atomic E-state index is 0.155. The van der Waals surface area contributed by atoms with Crippen LogP contribution >= 0.6 is 0 Å². The Morgan fingerprint density at radius 2 is 1.78 bits per heavy atom. The molecule has 0 unspecified atom stereocenters. The van der Waals surface area contributed by atoms with E-state index in [4.69, 9.17) is 9.47 Å². The number of hydrogen-bond acceptors (Lipinski definition) is 6. The second-order valence-electron chi connectivity index (χ2n) is 10.2. The van der Waals surface area contributed by atoms with Gasteiger partial charge in [0.2, 0.25) is 10.0 Å². The Hall–Kier alpha value is -3.17. The maximum Gasteiger partial charge on any atom is 0.410 e. The van der Waals surface area contributed by atoms with Crippen molar-refractivity contribution >= 4 is 26.9 Å². The lowest BCUT2D eigenvalue weighted by Crippen LogP contribution is -2.45. The number of benzene rings is 2. The predicted octanol–water partition coefficient (Wildman–Crippen LogP) is 5.36. The van der Waals surface area contributed by atoms with Gasteiger partial charge in [0.15, 0.2) is 5.75 Å². The Bertz CT molecular complexity index is 1340. The van der Waals surface area contributed by atoms with E-state index in [0.717, 1.165) is 5.56 Å². The van der Waals surface area contributed by atoms with Crippen LogP contribution in [0.25, 0.3) is 10.8 Å². The van der Waals surface area contributed by atoms with Crippen molar-refractivity contribution in [2.24, 2.45) is 0 Å². The van der Waals surface area contributed by atoms with Crippen molar-refractivity contribution in [3.63, 3.8) is 0 Å². The van der Waals surface area contributed by atoms with Crippen molar-refractivity contribution in [2.75, 3.05) is 19.6 Å². The quantitative estimate of drug-likeness (QED) is 0.469. The zero-order valence-corrected chi connectivity index (χ0v) is 22.2. The molecule has 9 heteroatoms. The highest BCUT2D eigenvalue weighted by molar-refractivity contribution is 7.89. The lowest BCUT2D eigenvalue weighted by molar-refractivity contribution is 0.0244. The number of rotatable bonds is 4. The van der Waals surface area contributed by atoms with Crippen molar-refractivity contribution in [1.82, 2.24) is 14.2 Å². The number of ether oxygens (including phenoxy) is 2. The summed E-state index contributed by atoms with van der Waals surface area (Å²) in [4.78, 5) is 18.7. The van der Waals surface area contributed by atoms with Gasteiger partial charge in [0, 0.05) is 42.6 Å². The Morgan fingerprint density at radius 1 is 1.06 bits per heavy atom. The largest absolute Gasteiger partial charge is 0.455 e. The molecule has 0 spiro atoms. The molecule has 0 radical (unpaired) electrons. The van der Waals surface area contributed by atoms with Gasteiger partial charge in [-0.05, 0) is 59.2 Å². The van der Waals surface area contributed by atoms with Crippen LogP contribution in [0.5, 0.6) is 11.5 Å². The maximum absolute atomic E-state index is 14.0. The van der Waals surface area contributed by atoms with Crippen LogP contribution in [0.2, 0.25) is 0 Å². The Morgan fingerprint density at radius 3 is 2.47 bits per heavy atom. The van der Waals surface area contributed by atoms with Gasteiger partial charge in [0.05, 0.1) is 11.1 Å².